The van der Waals surface area contributed by atoms with Crippen LogP contribution in [0.3, 0.4) is 0 Å². The van der Waals surface area contributed by atoms with E-state index in [-0.39, 0.29) is 11.6 Å². The molecule has 0 bridgehead atoms. The van der Waals surface area contributed by atoms with Gasteiger partial charge in [0.05, 0.1) is 11.0 Å². The van der Waals surface area contributed by atoms with Gasteiger partial charge in [0.25, 0.3) is 0 Å². The van der Waals surface area contributed by atoms with E-state index in [1.165, 1.54) is 0 Å². The van der Waals surface area contributed by atoms with Crippen LogP contribution < -0.4 is 11.0 Å². The van der Waals surface area contributed by atoms with Gasteiger partial charge in [0, 0.05) is 13.0 Å². The fourth-order valence-corrected chi connectivity index (χ4v) is 1.83. The number of aromatic amines is 2. The molecule has 0 radical (unpaired) electrons. The molecule has 0 saturated carbocycles. The van der Waals surface area contributed by atoms with Crippen molar-refractivity contribution in [1.29, 1.82) is 0 Å². The number of rotatable bonds is 4. The first-order chi connectivity index (χ1) is 8.54. The highest BCUT2D eigenvalue weighted by Crippen LogP contribution is 2.10. The van der Waals surface area contributed by atoms with E-state index in [9.17, 15) is 9.59 Å². The van der Waals surface area contributed by atoms with Crippen molar-refractivity contribution in [2.24, 2.45) is 5.92 Å². The third-order valence-electron chi connectivity index (χ3n) is 2.66. The zero-order chi connectivity index (χ0) is 13.1. The summed E-state index contributed by atoms with van der Waals surface area (Å²) in [7, 11) is 0. The van der Waals surface area contributed by atoms with Gasteiger partial charge in [0.2, 0.25) is 5.91 Å². The van der Waals surface area contributed by atoms with Gasteiger partial charge < -0.3 is 15.3 Å². The zero-order valence-electron chi connectivity index (χ0n) is 10.5. The van der Waals surface area contributed by atoms with Gasteiger partial charge >= 0.3 is 5.69 Å². The summed E-state index contributed by atoms with van der Waals surface area (Å²) >= 11 is 0. The van der Waals surface area contributed by atoms with Crippen molar-refractivity contribution in [3.8, 4) is 0 Å². The molecule has 96 valence electrons. The Balaban J connectivity index is 2.03. The number of amides is 1. The first kappa shape index (κ1) is 12.4. The first-order valence-electron chi connectivity index (χ1n) is 6.02. The van der Waals surface area contributed by atoms with E-state index < -0.39 is 0 Å². The van der Waals surface area contributed by atoms with Crippen LogP contribution in [0.25, 0.3) is 11.0 Å². The average Bonchev–Trinajstić information content (AvgIpc) is 2.64. The summed E-state index contributed by atoms with van der Waals surface area (Å²) in [5, 5.41) is 2.86. The lowest BCUT2D eigenvalue weighted by atomic mass is 10.1. The van der Waals surface area contributed by atoms with Crippen LogP contribution in [-0.4, -0.2) is 15.9 Å². The third-order valence-corrected chi connectivity index (χ3v) is 2.66. The first-order valence-corrected chi connectivity index (χ1v) is 6.02. The molecule has 1 aromatic carbocycles. The highest BCUT2D eigenvalue weighted by Gasteiger charge is 2.05. The van der Waals surface area contributed by atoms with Crippen molar-refractivity contribution in [3.63, 3.8) is 0 Å². The van der Waals surface area contributed by atoms with Gasteiger partial charge in [0.15, 0.2) is 0 Å². The van der Waals surface area contributed by atoms with E-state index in [0.29, 0.717) is 18.9 Å². The molecular weight excluding hydrogens is 230 g/mol. The molecule has 2 rings (SSSR count). The second-order valence-electron chi connectivity index (χ2n) is 4.83. The Hall–Kier alpha value is -2.04. The Morgan fingerprint density at radius 1 is 1.28 bits per heavy atom. The Kier molecular flexibility index (Phi) is 3.50. The minimum atomic E-state index is -0.217. The lowest BCUT2D eigenvalue weighted by molar-refractivity contribution is -0.121. The predicted octanol–water partition coefficient (Wildman–Crippen LogP) is 1.52. The van der Waals surface area contributed by atoms with E-state index in [1.54, 1.807) is 0 Å². The monoisotopic (exact) mass is 247 g/mol. The molecular formula is C13H17N3O2. The van der Waals surface area contributed by atoms with Gasteiger partial charge in [0.1, 0.15) is 0 Å². The number of aromatic nitrogens is 2. The number of benzene rings is 1. The summed E-state index contributed by atoms with van der Waals surface area (Å²) in [6, 6.07) is 5.59. The van der Waals surface area contributed by atoms with Gasteiger partial charge in [-0.05, 0) is 23.6 Å². The second kappa shape index (κ2) is 5.08. The molecule has 1 amide bonds. The molecule has 0 atom stereocenters. The van der Waals surface area contributed by atoms with E-state index in [4.69, 9.17) is 0 Å². The Morgan fingerprint density at radius 2 is 2.00 bits per heavy atom. The van der Waals surface area contributed by atoms with Crippen LogP contribution in [-0.2, 0) is 11.3 Å². The minimum absolute atomic E-state index is 0.0488. The molecule has 5 nitrogen and oxygen atoms in total. The van der Waals surface area contributed by atoms with Crippen LogP contribution in [0.5, 0.6) is 0 Å². The van der Waals surface area contributed by atoms with Crippen LogP contribution >= 0.6 is 0 Å². The Morgan fingerprint density at radius 3 is 2.72 bits per heavy atom. The van der Waals surface area contributed by atoms with E-state index in [0.717, 1.165) is 16.6 Å². The summed E-state index contributed by atoms with van der Waals surface area (Å²) in [6.45, 7) is 4.50. The number of hydrogen-bond acceptors (Lipinski definition) is 2. The molecule has 3 N–H and O–H groups in total. The molecule has 0 aliphatic carbocycles. The molecule has 5 heteroatoms. The van der Waals surface area contributed by atoms with Crippen molar-refractivity contribution < 1.29 is 4.79 Å². The fraction of sp³-hybridized carbons (Fsp3) is 0.385. The largest absolute Gasteiger partial charge is 0.352 e. The van der Waals surface area contributed by atoms with Gasteiger partial charge in [-0.2, -0.15) is 0 Å². The van der Waals surface area contributed by atoms with Crippen LogP contribution in [0.1, 0.15) is 25.8 Å². The third kappa shape index (κ3) is 3.00. The summed E-state index contributed by atoms with van der Waals surface area (Å²) in [5.74, 6) is 0.404. The normalized spacial score (nSPS) is 11.1. The van der Waals surface area contributed by atoms with Crippen LogP contribution in [0.4, 0.5) is 0 Å². The smallest absolute Gasteiger partial charge is 0.323 e. The number of imidazole rings is 1. The minimum Gasteiger partial charge on any atom is -0.352 e. The SMILES string of the molecule is CC(C)CC(=O)NCc1ccc2[nH]c(=O)[nH]c2c1. The van der Waals surface area contributed by atoms with E-state index >= 15 is 0 Å². The van der Waals surface area contributed by atoms with Crippen molar-refractivity contribution in [2.75, 3.05) is 0 Å². The number of fused-ring (bicyclic) bond motifs is 1. The molecule has 0 aliphatic rings. The van der Waals surface area contributed by atoms with Crippen LogP contribution in [0.15, 0.2) is 23.0 Å². The maximum atomic E-state index is 11.5. The molecule has 0 fully saturated rings. The molecule has 0 saturated heterocycles. The van der Waals surface area contributed by atoms with Gasteiger partial charge in [-0.1, -0.05) is 19.9 Å². The Labute approximate surface area is 105 Å². The number of hydrogen-bond donors (Lipinski definition) is 3. The summed E-state index contributed by atoms with van der Waals surface area (Å²) < 4.78 is 0. The highest BCUT2D eigenvalue weighted by atomic mass is 16.1. The van der Waals surface area contributed by atoms with Gasteiger partial charge in [-0.25, -0.2) is 4.79 Å². The van der Waals surface area contributed by atoms with E-state index in [2.05, 4.69) is 15.3 Å². The van der Waals surface area contributed by atoms with Gasteiger partial charge in [-0.3, -0.25) is 4.79 Å². The van der Waals surface area contributed by atoms with Crippen molar-refractivity contribution in [1.82, 2.24) is 15.3 Å². The molecule has 1 aromatic heterocycles. The number of carbonyl (C=O) groups excluding carboxylic acids is 1. The summed E-state index contributed by atoms with van der Waals surface area (Å²) in [5.41, 5.74) is 2.29. The highest BCUT2D eigenvalue weighted by molar-refractivity contribution is 5.77. The standard InChI is InChI=1S/C13H17N3O2/c1-8(2)5-12(17)14-7-9-3-4-10-11(6-9)16-13(18)15-10/h3-4,6,8H,5,7H2,1-2H3,(H,14,17)(H2,15,16,18). The molecule has 0 aliphatic heterocycles. The summed E-state index contributed by atoms with van der Waals surface area (Å²) in [6.07, 6.45) is 0.531. The molecule has 2 aromatic rings. The van der Waals surface area contributed by atoms with Crippen LogP contribution in [0, 0.1) is 5.92 Å². The zero-order valence-corrected chi connectivity index (χ0v) is 10.5. The molecule has 0 spiro atoms. The fourth-order valence-electron chi connectivity index (χ4n) is 1.83. The Bertz CT molecular complexity index is 610. The van der Waals surface area contributed by atoms with Crippen molar-refractivity contribution in [2.45, 2.75) is 26.8 Å². The number of nitrogens with one attached hydrogen (secondary N) is 3. The lowest BCUT2D eigenvalue weighted by Crippen LogP contribution is -2.23. The van der Waals surface area contributed by atoms with Crippen molar-refractivity contribution in [3.05, 3.63) is 34.2 Å². The maximum absolute atomic E-state index is 11.5. The van der Waals surface area contributed by atoms with Crippen molar-refractivity contribution >= 4 is 16.9 Å². The van der Waals surface area contributed by atoms with E-state index in [1.807, 2.05) is 32.0 Å². The second-order valence-corrected chi connectivity index (χ2v) is 4.83. The number of H-pyrrole nitrogens is 2. The quantitative estimate of drug-likeness (QED) is 0.766. The molecule has 18 heavy (non-hydrogen) atoms. The lowest BCUT2D eigenvalue weighted by Gasteiger charge is -2.07. The molecule has 0 unspecified atom stereocenters. The molecule has 1 heterocycles. The number of carbonyl (C=O) groups is 1. The topological polar surface area (TPSA) is 77.8 Å². The summed E-state index contributed by atoms with van der Waals surface area (Å²) in [4.78, 5) is 28.0. The predicted molar refractivity (Wildman–Crippen MR) is 70.2 cm³/mol. The average molecular weight is 247 g/mol. The maximum Gasteiger partial charge on any atom is 0.323 e. The van der Waals surface area contributed by atoms with Gasteiger partial charge in [-0.15, -0.1) is 0 Å². The van der Waals surface area contributed by atoms with Crippen LogP contribution in [0.2, 0.25) is 0 Å².